The van der Waals surface area contributed by atoms with Crippen molar-refractivity contribution in [1.82, 2.24) is 15.1 Å². The van der Waals surface area contributed by atoms with Crippen LogP contribution in [0.4, 0.5) is 4.79 Å². The van der Waals surface area contributed by atoms with Crippen LogP contribution in [0.3, 0.4) is 0 Å². The number of rotatable bonds is 6. The van der Waals surface area contributed by atoms with Gasteiger partial charge in [0.05, 0.1) is 0 Å². The zero-order chi connectivity index (χ0) is 16.0. The standard InChI is InChI=1S/C14H23N3O4/c1-5-8-17-10(6-7-15-17)9-11(12(18)19)16-13(20)21-14(2,3)4/h6-7,11H,5,8-9H2,1-4H3,(H,16,20)(H,18,19). The first kappa shape index (κ1) is 17.0. The van der Waals surface area contributed by atoms with E-state index >= 15 is 0 Å². The van der Waals surface area contributed by atoms with Gasteiger partial charge in [-0.2, -0.15) is 5.10 Å². The van der Waals surface area contributed by atoms with Crippen molar-refractivity contribution in [3.63, 3.8) is 0 Å². The highest BCUT2D eigenvalue weighted by molar-refractivity contribution is 5.80. The maximum absolute atomic E-state index is 11.7. The topological polar surface area (TPSA) is 93.5 Å². The Hall–Kier alpha value is -2.05. The van der Waals surface area contributed by atoms with Crippen LogP contribution >= 0.6 is 0 Å². The lowest BCUT2D eigenvalue weighted by Gasteiger charge is -2.22. The number of nitrogens with zero attached hydrogens (tertiary/aromatic N) is 2. The van der Waals surface area contributed by atoms with Gasteiger partial charge in [-0.15, -0.1) is 0 Å². The monoisotopic (exact) mass is 297 g/mol. The number of aromatic nitrogens is 2. The third kappa shape index (κ3) is 5.85. The van der Waals surface area contributed by atoms with E-state index in [2.05, 4.69) is 10.4 Å². The van der Waals surface area contributed by atoms with E-state index in [-0.39, 0.29) is 6.42 Å². The summed E-state index contributed by atoms with van der Waals surface area (Å²) in [5.41, 5.74) is 0.0947. The van der Waals surface area contributed by atoms with Crippen LogP contribution in [0.1, 0.15) is 39.8 Å². The second kappa shape index (κ2) is 7.10. The predicted octanol–water partition coefficient (Wildman–Crippen LogP) is 1.81. The number of carbonyl (C=O) groups is 2. The van der Waals surface area contributed by atoms with Gasteiger partial charge < -0.3 is 15.2 Å². The minimum absolute atomic E-state index is 0.161. The molecule has 0 radical (unpaired) electrons. The van der Waals surface area contributed by atoms with Gasteiger partial charge >= 0.3 is 12.1 Å². The van der Waals surface area contributed by atoms with Crippen LogP contribution in [0, 0.1) is 0 Å². The summed E-state index contributed by atoms with van der Waals surface area (Å²) in [5, 5.41) is 15.8. The van der Waals surface area contributed by atoms with Gasteiger partial charge in [-0.3, -0.25) is 4.68 Å². The molecule has 118 valence electrons. The molecule has 1 amide bonds. The Labute approximate surface area is 124 Å². The van der Waals surface area contributed by atoms with E-state index in [1.165, 1.54) is 0 Å². The molecule has 1 atom stereocenters. The molecule has 1 aromatic rings. The van der Waals surface area contributed by atoms with Crippen molar-refractivity contribution >= 4 is 12.1 Å². The summed E-state index contributed by atoms with van der Waals surface area (Å²) in [6.07, 6.45) is 1.94. The Kier molecular flexibility index (Phi) is 5.75. The smallest absolute Gasteiger partial charge is 0.408 e. The van der Waals surface area contributed by atoms with Crippen molar-refractivity contribution in [2.75, 3.05) is 0 Å². The normalized spacial score (nSPS) is 12.8. The van der Waals surface area contributed by atoms with E-state index in [1.54, 1.807) is 37.7 Å². The molecular weight excluding hydrogens is 274 g/mol. The van der Waals surface area contributed by atoms with Gasteiger partial charge in [-0.1, -0.05) is 6.92 Å². The van der Waals surface area contributed by atoms with Gasteiger partial charge in [-0.25, -0.2) is 9.59 Å². The quantitative estimate of drug-likeness (QED) is 0.835. The van der Waals surface area contributed by atoms with Crippen molar-refractivity contribution in [2.45, 2.75) is 58.7 Å². The van der Waals surface area contributed by atoms with Crippen molar-refractivity contribution in [3.05, 3.63) is 18.0 Å². The van der Waals surface area contributed by atoms with Crippen LogP contribution in [-0.2, 0) is 22.5 Å². The van der Waals surface area contributed by atoms with E-state index in [1.807, 2.05) is 6.92 Å². The molecule has 0 aliphatic heterocycles. The Morgan fingerprint density at radius 2 is 2.14 bits per heavy atom. The van der Waals surface area contributed by atoms with Crippen LogP contribution in [0.2, 0.25) is 0 Å². The fourth-order valence-electron chi connectivity index (χ4n) is 1.81. The zero-order valence-electron chi connectivity index (χ0n) is 12.9. The number of hydrogen-bond donors (Lipinski definition) is 2. The lowest BCUT2D eigenvalue weighted by molar-refractivity contribution is -0.139. The van der Waals surface area contributed by atoms with Gasteiger partial charge in [0.2, 0.25) is 0 Å². The highest BCUT2D eigenvalue weighted by atomic mass is 16.6. The second-order valence-corrected chi connectivity index (χ2v) is 5.79. The molecule has 0 bridgehead atoms. The summed E-state index contributed by atoms with van der Waals surface area (Å²) in [5.74, 6) is -1.11. The number of carboxylic acid groups (broad SMARTS) is 1. The van der Waals surface area contributed by atoms with Gasteiger partial charge in [0.15, 0.2) is 0 Å². The number of aryl methyl sites for hydroxylation is 1. The first-order valence-electron chi connectivity index (χ1n) is 6.96. The largest absolute Gasteiger partial charge is 0.480 e. The van der Waals surface area contributed by atoms with E-state index in [9.17, 15) is 14.7 Å². The number of nitrogens with one attached hydrogen (secondary N) is 1. The van der Waals surface area contributed by atoms with Crippen molar-refractivity contribution in [3.8, 4) is 0 Å². The molecule has 1 rings (SSSR count). The molecule has 21 heavy (non-hydrogen) atoms. The van der Waals surface area contributed by atoms with E-state index in [0.29, 0.717) is 6.54 Å². The van der Waals surface area contributed by atoms with Crippen LogP contribution in [0.15, 0.2) is 12.3 Å². The highest BCUT2D eigenvalue weighted by Gasteiger charge is 2.25. The predicted molar refractivity (Wildman–Crippen MR) is 77.0 cm³/mol. The fraction of sp³-hybridized carbons (Fsp3) is 0.643. The molecule has 0 aliphatic carbocycles. The van der Waals surface area contributed by atoms with Crippen molar-refractivity contribution in [1.29, 1.82) is 0 Å². The van der Waals surface area contributed by atoms with E-state index in [4.69, 9.17) is 4.74 Å². The molecule has 1 aromatic heterocycles. The summed E-state index contributed by atoms with van der Waals surface area (Å²) < 4.78 is 6.82. The first-order chi connectivity index (χ1) is 9.73. The Morgan fingerprint density at radius 3 is 2.67 bits per heavy atom. The molecule has 7 heteroatoms. The average molecular weight is 297 g/mol. The van der Waals surface area contributed by atoms with Gasteiger partial charge in [0, 0.05) is 24.9 Å². The molecule has 0 aliphatic rings. The molecule has 0 aromatic carbocycles. The highest BCUT2D eigenvalue weighted by Crippen LogP contribution is 2.09. The number of hydrogen-bond acceptors (Lipinski definition) is 4. The molecule has 1 heterocycles. The van der Waals surface area contributed by atoms with Crippen molar-refractivity contribution < 1.29 is 19.4 Å². The third-order valence-electron chi connectivity index (χ3n) is 2.64. The molecule has 0 saturated carbocycles. The molecule has 2 N–H and O–H groups in total. The summed E-state index contributed by atoms with van der Waals surface area (Å²) in [4.78, 5) is 23.0. The minimum atomic E-state index is -1.11. The SMILES string of the molecule is CCCn1nccc1CC(NC(=O)OC(C)(C)C)C(=O)O. The number of carbonyl (C=O) groups excluding carboxylic acids is 1. The Bertz CT molecular complexity index is 491. The molecule has 7 nitrogen and oxygen atoms in total. The van der Waals surface area contributed by atoms with Crippen LogP contribution in [0.5, 0.6) is 0 Å². The molecule has 1 unspecified atom stereocenters. The minimum Gasteiger partial charge on any atom is -0.480 e. The van der Waals surface area contributed by atoms with Crippen LogP contribution < -0.4 is 5.32 Å². The number of alkyl carbamates (subject to hydrolysis) is 1. The maximum Gasteiger partial charge on any atom is 0.408 e. The number of aliphatic carboxylic acids is 1. The van der Waals surface area contributed by atoms with Crippen LogP contribution in [-0.4, -0.2) is 38.6 Å². The van der Waals surface area contributed by atoms with Gasteiger partial charge in [0.1, 0.15) is 11.6 Å². The Balaban J connectivity index is 2.72. The van der Waals surface area contributed by atoms with Crippen LogP contribution in [0.25, 0.3) is 0 Å². The lowest BCUT2D eigenvalue weighted by Crippen LogP contribution is -2.45. The molecule has 0 fully saturated rings. The van der Waals surface area contributed by atoms with Crippen molar-refractivity contribution in [2.24, 2.45) is 0 Å². The summed E-state index contributed by atoms with van der Waals surface area (Å²) >= 11 is 0. The molecule has 0 saturated heterocycles. The first-order valence-corrected chi connectivity index (χ1v) is 6.96. The van der Waals surface area contributed by atoms with E-state index in [0.717, 1.165) is 12.1 Å². The maximum atomic E-state index is 11.7. The Morgan fingerprint density at radius 1 is 1.48 bits per heavy atom. The third-order valence-corrected chi connectivity index (χ3v) is 2.64. The summed E-state index contributed by atoms with van der Waals surface area (Å²) in [6, 6.07) is 0.703. The fourth-order valence-corrected chi connectivity index (χ4v) is 1.81. The van der Waals surface area contributed by atoms with Gasteiger partial charge in [0.25, 0.3) is 0 Å². The van der Waals surface area contributed by atoms with Gasteiger partial charge in [-0.05, 0) is 33.3 Å². The second-order valence-electron chi connectivity index (χ2n) is 5.79. The lowest BCUT2D eigenvalue weighted by atomic mass is 10.1. The summed E-state index contributed by atoms with van der Waals surface area (Å²) in [7, 11) is 0. The molecule has 0 spiro atoms. The van der Waals surface area contributed by atoms with E-state index < -0.39 is 23.7 Å². The molecular formula is C14H23N3O4. The number of ether oxygens (including phenoxy) is 1. The number of amides is 1. The number of carboxylic acids is 1. The summed E-state index contributed by atoms with van der Waals surface area (Å²) in [6.45, 7) is 7.89. The average Bonchev–Trinajstić information content (AvgIpc) is 2.73. The zero-order valence-corrected chi connectivity index (χ0v) is 12.9.